The number of amides is 1. The minimum absolute atomic E-state index is 0.130. The van der Waals surface area contributed by atoms with E-state index in [0.717, 1.165) is 22.0 Å². The molecule has 4 aromatic rings. The molecule has 0 unspecified atom stereocenters. The summed E-state index contributed by atoms with van der Waals surface area (Å²) in [5.41, 5.74) is 2.12. The summed E-state index contributed by atoms with van der Waals surface area (Å²) in [6.07, 6.45) is 0. The summed E-state index contributed by atoms with van der Waals surface area (Å²) < 4.78 is 1.74. The summed E-state index contributed by atoms with van der Waals surface area (Å²) >= 11 is 0. The van der Waals surface area contributed by atoms with Crippen LogP contribution in [0.2, 0.25) is 0 Å². The van der Waals surface area contributed by atoms with Gasteiger partial charge in [-0.2, -0.15) is 0 Å². The van der Waals surface area contributed by atoms with Gasteiger partial charge in [-0.15, -0.1) is 5.10 Å². The van der Waals surface area contributed by atoms with Crippen LogP contribution in [0.5, 0.6) is 0 Å². The summed E-state index contributed by atoms with van der Waals surface area (Å²) in [6, 6.07) is 21.4. The Hall–Kier alpha value is -3.54. The number of fused-ring (bicyclic) bond motifs is 1. The molecule has 0 atom stereocenters. The first-order valence-corrected chi connectivity index (χ1v) is 8.80. The van der Waals surface area contributed by atoms with Crippen molar-refractivity contribution in [1.82, 2.24) is 20.2 Å². The van der Waals surface area contributed by atoms with Gasteiger partial charge < -0.3 is 5.32 Å². The Morgan fingerprint density at radius 2 is 1.78 bits per heavy atom. The average Bonchev–Trinajstić information content (AvgIpc) is 3.18. The second-order valence-electron chi connectivity index (χ2n) is 6.64. The van der Waals surface area contributed by atoms with Gasteiger partial charge in [0.15, 0.2) is 5.82 Å². The molecule has 134 valence electrons. The largest absolute Gasteiger partial charge is 0.322 e. The molecule has 0 fully saturated rings. The Kier molecular flexibility index (Phi) is 4.38. The minimum Gasteiger partial charge on any atom is -0.322 e. The number of aromatic nitrogens is 4. The highest BCUT2D eigenvalue weighted by atomic mass is 16.1. The number of carbonyl (C=O) groups excluding carboxylic acids is 1. The number of benzene rings is 3. The standard InChI is InChI=1S/C21H19N5O/c1-14(2)26-20(23-24-25-26)17-8-5-9-18(12-17)21(27)22-19-11-10-15-6-3-4-7-16(15)13-19/h3-14H,1-2H3,(H,22,27). The zero-order valence-electron chi connectivity index (χ0n) is 15.1. The maximum Gasteiger partial charge on any atom is 0.255 e. The first-order chi connectivity index (χ1) is 13.1. The smallest absolute Gasteiger partial charge is 0.255 e. The Morgan fingerprint density at radius 1 is 0.963 bits per heavy atom. The number of rotatable bonds is 4. The second kappa shape index (κ2) is 6.99. The SMILES string of the molecule is CC(C)n1nnnc1-c1cccc(C(=O)Nc2ccc3ccccc3c2)c1. The van der Waals surface area contributed by atoms with Crippen molar-refractivity contribution >= 4 is 22.4 Å². The maximum atomic E-state index is 12.7. The lowest BCUT2D eigenvalue weighted by molar-refractivity contribution is 0.102. The van der Waals surface area contributed by atoms with E-state index in [1.807, 2.05) is 68.4 Å². The highest BCUT2D eigenvalue weighted by Gasteiger charge is 2.14. The highest BCUT2D eigenvalue weighted by molar-refractivity contribution is 6.05. The number of anilines is 1. The Balaban J connectivity index is 1.61. The van der Waals surface area contributed by atoms with Crippen molar-refractivity contribution in [2.45, 2.75) is 19.9 Å². The van der Waals surface area contributed by atoms with Crippen LogP contribution in [0.4, 0.5) is 5.69 Å². The van der Waals surface area contributed by atoms with E-state index in [1.165, 1.54) is 0 Å². The molecular formula is C21H19N5O. The van der Waals surface area contributed by atoms with Crippen LogP contribution >= 0.6 is 0 Å². The van der Waals surface area contributed by atoms with E-state index in [9.17, 15) is 4.79 Å². The van der Waals surface area contributed by atoms with Crippen LogP contribution in [0.15, 0.2) is 66.7 Å². The molecule has 0 spiro atoms. The van der Waals surface area contributed by atoms with Crippen LogP contribution < -0.4 is 5.32 Å². The molecule has 1 heterocycles. The molecule has 6 heteroatoms. The van der Waals surface area contributed by atoms with Crippen molar-refractivity contribution in [3.8, 4) is 11.4 Å². The molecule has 1 aromatic heterocycles. The van der Waals surface area contributed by atoms with E-state index in [0.29, 0.717) is 11.4 Å². The number of hydrogen-bond donors (Lipinski definition) is 1. The minimum atomic E-state index is -0.171. The van der Waals surface area contributed by atoms with Gasteiger partial charge in [0, 0.05) is 16.8 Å². The van der Waals surface area contributed by atoms with E-state index in [4.69, 9.17) is 0 Å². The zero-order valence-corrected chi connectivity index (χ0v) is 15.1. The van der Waals surface area contributed by atoms with Crippen molar-refractivity contribution in [3.63, 3.8) is 0 Å². The third-order valence-corrected chi connectivity index (χ3v) is 4.37. The molecule has 0 saturated carbocycles. The van der Waals surface area contributed by atoms with Crippen molar-refractivity contribution < 1.29 is 4.79 Å². The normalized spacial score (nSPS) is 11.1. The van der Waals surface area contributed by atoms with Gasteiger partial charge >= 0.3 is 0 Å². The van der Waals surface area contributed by atoms with Gasteiger partial charge in [-0.3, -0.25) is 4.79 Å². The molecule has 0 saturated heterocycles. The van der Waals surface area contributed by atoms with E-state index >= 15 is 0 Å². The van der Waals surface area contributed by atoms with Crippen LogP contribution in [0.1, 0.15) is 30.2 Å². The number of tetrazole rings is 1. The molecule has 1 amide bonds. The molecular weight excluding hydrogens is 338 g/mol. The van der Waals surface area contributed by atoms with Crippen LogP contribution in [0.3, 0.4) is 0 Å². The topological polar surface area (TPSA) is 72.7 Å². The van der Waals surface area contributed by atoms with Gasteiger partial charge in [-0.1, -0.05) is 42.5 Å². The highest BCUT2D eigenvalue weighted by Crippen LogP contribution is 2.22. The predicted octanol–water partition coefficient (Wildman–Crippen LogP) is 4.33. The summed E-state index contributed by atoms with van der Waals surface area (Å²) in [5.74, 6) is 0.473. The van der Waals surface area contributed by atoms with E-state index in [1.54, 1.807) is 16.8 Å². The maximum absolute atomic E-state index is 12.7. The van der Waals surface area contributed by atoms with E-state index in [-0.39, 0.29) is 11.9 Å². The molecule has 0 aliphatic carbocycles. The fourth-order valence-corrected chi connectivity index (χ4v) is 3.00. The fraction of sp³-hybridized carbons (Fsp3) is 0.143. The molecule has 3 aromatic carbocycles. The number of nitrogens with zero attached hydrogens (tertiary/aromatic N) is 4. The first-order valence-electron chi connectivity index (χ1n) is 8.80. The van der Waals surface area contributed by atoms with Gasteiger partial charge in [-0.25, -0.2) is 4.68 Å². The average molecular weight is 357 g/mol. The lowest BCUT2D eigenvalue weighted by atomic mass is 10.1. The van der Waals surface area contributed by atoms with Crippen LogP contribution in [0.25, 0.3) is 22.2 Å². The quantitative estimate of drug-likeness (QED) is 0.590. The van der Waals surface area contributed by atoms with E-state index in [2.05, 4.69) is 20.8 Å². The van der Waals surface area contributed by atoms with E-state index < -0.39 is 0 Å². The predicted molar refractivity (Wildman–Crippen MR) is 106 cm³/mol. The Morgan fingerprint density at radius 3 is 2.59 bits per heavy atom. The van der Waals surface area contributed by atoms with Gasteiger partial charge in [0.25, 0.3) is 5.91 Å². The summed E-state index contributed by atoms with van der Waals surface area (Å²) in [7, 11) is 0. The van der Waals surface area contributed by atoms with Gasteiger partial charge in [0.1, 0.15) is 0 Å². The Labute approximate surface area is 156 Å². The third kappa shape index (κ3) is 3.42. The van der Waals surface area contributed by atoms with Crippen molar-refractivity contribution in [3.05, 3.63) is 72.3 Å². The molecule has 0 radical (unpaired) electrons. The second-order valence-corrected chi connectivity index (χ2v) is 6.64. The van der Waals surface area contributed by atoms with Gasteiger partial charge in [0.05, 0.1) is 6.04 Å². The monoisotopic (exact) mass is 357 g/mol. The molecule has 6 nitrogen and oxygen atoms in total. The van der Waals surface area contributed by atoms with Crippen LogP contribution in [-0.4, -0.2) is 26.1 Å². The van der Waals surface area contributed by atoms with Crippen molar-refractivity contribution in [2.75, 3.05) is 5.32 Å². The van der Waals surface area contributed by atoms with Crippen LogP contribution in [-0.2, 0) is 0 Å². The molecule has 1 N–H and O–H groups in total. The summed E-state index contributed by atoms with van der Waals surface area (Å²) in [6.45, 7) is 4.02. The van der Waals surface area contributed by atoms with Gasteiger partial charge in [0.2, 0.25) is 0 Å². The Bertz CT molecular complexity index is 1120. The van der Waals surface area contributed by atoms with Gasteiger partial charge in [-0.05, 0) is 59.3 Å². The van der Waals surface area contributed by atoms with Crippen molar-refractivity contribution in [2.24, 2.45) is 0 Å². The fourth-order valence-electron chi connectivity index (χ4n) is 3.00. The van der Waals surface area contributed by atoms with Crippen molar-refractivity contribution in [1.29, 1.82) is 0 Å². The molecule has 0 aliphatic heterocycles. The summed E-state index contributed by atoms with van der Waals surface area (Å²) in [5, 5.41) is 17.1. The number of hydrogen-bond acceptors (Lipinski definition) is 4. The molecule has 27 heavy (non-hydrogen) atoms. The first kappa shape index (κ1) is 16.9. The zero-order chi connectivity index (χ0) is 18.8. The van der Waals surface area contributed by atoms with Crippen LogP contribution in [0, 0.1) is 0 Å². The summed E-state index contributed by atoms with van der Waals surface area (Å²) in [4.78, 5) is 12.7. The number of nitrogens with one attached hydrogen (secondary N) is 1. The third-order valence-electron chi connectivity index (χ3n) is 4.37. The lowest BCUT2D eigenvalue weighted by Gasteiger charge is -2.10. The molecule has 0 aliphatic rings. The lowest BCUT2D eigenvalue weighted by Crippen LogP contribution is -2.12. The molecule has 0 bridgehead atoms. The number of carbonyl (C=O) groups is 1. The molecule has 4 rings (SSSR count).